The molecule has 0 saturated carbocycles. The molecule has 0 radical (unpaired) electrons. The van der Waals surface area contributed by atoms with Gasteiger partial charge in [-0.2, -0.15) is 0 Å². The predicted octanol–water partition coefficient (Wildman–Crippen LogP) is 12.4. The maximum atomic E-state index is 13.1. The van der Waals surface area contributed by atoms with Crippen LogP contribution >= 0.6 is 0 Å². The average molecular weight is 720 g/mol. The highest BCUT2D eigenvalue weighted by Crippen LogP contribution is 2.16. The SMILES string of the molecule is CCC/C=C\CCCCCCCC(=O)OC(CCC/C=C\CCCCCCCCC)CC(=O)NC(CO)C(O)CCCCCCCCCCCC. The molecule has 6 heteroatoms. The number of amides is 1. The van der Waals surface area contributed by atoms with Gasteiger partial charge in [-0.25, -0.2) is 0 Å². The largest absolute Gasteiger partial charge is 0.462 e. The van der Waals surface area contributed by atoms with E-state index in [0.717, 1.165) is 70.6 Å². The summed E-state index contributed by atoms with van der Waals surface area (Å²) in [6, 6.07) is -0.705. The molecule has 0 aliphatic rings. The third kappa shape index (κ3) is 35.2. The van der Waals surface area contributed by atoms with Crippen molar-refractivity contribution in [3.63, 3.8) is 0 Å². The van der Waals surface area contributed by atoms with Crippen molar-refractivity contribution in [1.29, 1.82) is 0 Å². The molecule has 0 spiro atoms. The van der Waals surface area contributed by atoms with Crippen LogP contribution in [0.2, 0.25) is 0 Å². The third-order valence-electron chi connectivity index (χ3n) is 9.98. The molecule has 300 valence electrons. The highest BCUT2D eigenvalue weighted by Gasteiger charge is 2.24. The summed E-state index contributed by atoms with van der Waals surface area (Å²) in [4.78, 5) is 25.9. The number of carbonyl (C=O) groups is 2. The Morgan fingerprint density at radius 3 is 1.51 bits per heavy atom. The molecule has 0 aliphatic carbocycles. The minimum atomic E-state index is -0.789. The summed E-state index contributed by atoms with van der Waals surface area (Å²) < 4.78 is 5.86. The van der Waals surface area contributed by atoms with Gasteiger partial charge in [0, 0.05) is 6.42 Å². The molecule has 3 N–H and O–H groups in total. The molecule has 6 nitrogen and oxygen atoms in total. The summed E-state index contributed by atoms with van der Waals surface area (Å²) in [5.74, 6) is -0.513. The Morgan fingerprint density at radius 1 is 0.549 bits per heavy atom. The van der Waals surface area contributed by atoms with E-state index in [1.807, 2.05) is 0 Å². The van der Waals surface area contributed by atoms with Gasteiger partial charge in [-0.15, -0.1) is 0 Å². The zero-order valence-electron chi connectivity index (χ0n) is 34.0. The molecule has 3 atom stereocenters. The van der Waals surface area contributed by atoms with E-state index in [2.05, 4.69) is 50.4 Å². The molecule has 0 aromatic heterocycles. The van der Waals surface area contributed by atoms with E-state index in [1.54, 1.807) is 0 Å². The monoisotopic (exact) mass is 720 g/mol. The fourth-order valence-corrected chi connectivity index (χ4v) is 6.61. The van der Waals surface area contributed by atoms with Gasteiger partial charge >= 0.3 is 5.97 Å². The predicted molar refractivity (Wildman–Crippen MR) is 218 cm³/mol. The number of rotatable bonds is 39. The van der Waals surface area contributed by atoms with Gasteiger partial charge < -0.3 is 20.3 Å². The Kier molecular flexibility index (Phi) is 38.3. The summed E-state index contributed by atoms with van der Waals surface area (Å²) in [5, 5.41) is 23.5. The first-order valence-corrected chi connectivity index (χ1v) is 22.1. The zero-order chi connectivity index (χ0) is 37.5. The Morgan fingerprint density at radius 2 is 1.00 bits per heavy atom. The van der Waals surface area contributed by atoms with Gasteiger partial charge in [0.25, 0.3) is 0 Å². The Labute approximate surface area is 316 Å². The first-order chi connectivity index (χ1) is 25.0. The van der Waals surface area contributed by atoms with Crippen molar-refractivity contribution < 1.29 is 24.5 Å². The lowest BCUT2D eigenvalue weighted by Gasteiger charge is -2.24. The lowest BCUT2D eigenvalue weighted by molar-refractivity contribution is -0.151. The van der Waals surface area contributed by atoms with Gasteiger partial charge in [0.05, 0.1) is 25.2 Å². The van der Waals surface area contributed by atoms with E-state index in [4.69, 9.17) is 4.74 Å². The van der Waals surface area contributed by atoms with Crippen molar-refractivity contribution in [3.8, 4) is 0 Å². The van der Waals surface area contributed by atoms with Crippen LogP contribution in [0.5, 0.6) is 0 Å². The van der Waals surface area contributed by atoms with Crippen LogP contribution in [0, 0.1) is 0 Å². The smallest absolute Gasteiger partial charge is 0.306 e. The first kappa shape index (κ1) is 49.3. The third-order valence-corrected chi connectivity index (χ3v) is 9.98. The lowest BCUT2D eigenvalue weighted by Crippen LogP contribution is -2.46. The maximum absolute atomic E-state index is 13.1. The van der Waals surface area contributed by atoms with Crippen LogP contribution in [0.4, 0.5) is 0 Å². The standard InChI is InChI=1S/C45H85NO5/c1-4-7-10-13-16-19-22-23-24-27-30-33-36-41(51-45(50)38-35-32-29-26-21-18-15-12-9-6-3)39-44(49)46-42(40-47)43(48)37-34-31-28-25-20-17-14-11-8-5-2/h12,15,24,27,41-43,47-48H,4-11,13-14,16-23,25-26,28-40H2,1-3H3,(H,46,49)/b15-12-,27-24-. The second-order valence-electron chi connectivity index (χ2n) is 15.1. The lowest BCUT2D eigenvalue weighted by atomic mass is 10.0. The molecule has 0 rings (SSSR count). The molecular weight excluding hydrogens is 634 g/mol. The number of aliphatic hydroxyl groups excluding tert-OH is 2. The quantitative estimate of drug-likeness (QED) is 0.0334. The fourth-order valence-electron chi connectivity index (χ4n) is 6.61. The van der Waals surface area contributed by atoms with Crippen LogP contribution in [-0.2, 0) is 14.3 Å². The zero-order valence-corrected chi connectivity index (χ0v) is 34.0. The summed E-state index contributed by atoms with van der Waals surface area (Å²) >= 11 is 0. The van der Waals surface area contributed by atoms with Crippen LogP contribution in [0.15, 0.2) is 24.3 Å². The molecule has 0 fully saturated rings. The number of ether oxygens (including phenoxy) is 1. The number of carbonyl (C=O) groups excluding carboxylic acids is 2. The first-order valence-electron chi connectivity index (χ1n) is 22.1. The van der Waals surface area contributed by atoms with Crippen LogP contribution in [0.25, 0.3) is 0 Å². The Balaban J connectivity index is 4.64. The number of hydrogen-bond acceptors (Lipinski definition) is 5. The van der Waals surface area contributed by atoms with E-state index in [0.29, 0.717) is 19.3 Å². The number of allylic oxidation sites excluding steroid dienone is 4. The normalized spacial score (nSPS) is 13.6. The molecule has 0 aliphatic heterocycles. The summed E-state index contributed by atoms with van der Waals surface area (Å²) in [5.41, 5.74) is 0. The van der Waals surface area contributed by atoms with Gasteiger partial charge in [-0.3, -0.25) is 9.59 Å². The molecule has 1 amide bonds. The van der Waals surface area contributed by atoms with Crippen LogP contribution in [0.1, 0.15) is 226 Å². The molecule has 0 aromatic rings. The maximum Gasteiger partial charge on any atom is 0.306 e. The molecular formula is C45H85NO5. The minimum absolute atomic E-state index is 0.0561. The second-order valence-corrected chi connectivity index (χ2v) is 15.1. The molecule has 0 heterocycles. The van der Waals surface area contributed by atoms with Gasteiger partial charge in [0.1, 0.15) is 6.10 Å². The summed E-state index contributed by atoms with van der Waals surface area (Å²) in [7, 11) is 0. The molecule has 3 unspecified atom stereocenters. The summed E-state index contributed by atoms with van der Waals surface area (Å²) in [6.45, 7) is 6.38. The van der Waals surface area contributed by atoms with Gasteiger partial charge in [-0.05, 0) is 64.2 Å². The highest BCUT2D eigenvalue weighted by molar-refractivity contribution is 5.77. The van der Waals surface area contributed by atoms with Gasteiger partial charge in [0.2, 0.25) is 5.91 Å². The topological polar surface area (TPSA) is 95.9 Å². The van der Waals surface area contributed by atoms with Crippen molar-refractivity contribution in [2.75, 3.05) is 6.61 Å². The molecule has 51 heavy (non-hydrogen) atoms. The van der Waals surface area contributed by atoms with E-state index < -0.39 is 18.2 Å². The number of hydrogen-bond donors (Lipinski definition) is 3. The van der Waals surface area contributed by atoms with Crippen molar-refractivity contribution >= 4 is 11.9 Å². The van der Waals surface area contributed by atoms with Crippen LogP contribution in [-0.4, -0.2) is 46.9 Å². The molecule has 0 aromatic carbocycles. The minimum Gasteiger partial charge on any atom is -0.462 e. The van der Waals surface area contributed by atoms with Crippen LogP contribution < -0.4 is 5.32 Å². The Hall–Kier alpha value is -1.66. The van der Waals surface area contributed by atoms with Crippen molar-refractivity contribution in [1.82, 2.24) is 5.32 Å². The second kappa shape index (κ2) is 39.5. The highest BCUT2D eigenvalue weighted by atomic mass is 16.5. The van der Waals surface area contributed by atoms with E-state index >= 15 is 0 Å². The Bertz CT molecular complexity index is 812. The summed E-state index contributed by atoms with van der Waals surface area (Å²) in [6.07, 6.45) is 42.4. The van der Waals surface area contributed by atoms with Crippen molar-refractivity contribution in [2.45, 2.75) is 244 Å². The van der Waals surface area contributed by atoms with E-state index in [1.165, 1.54) is 109 Å². The number of unbranched alkanes of at least 4 members (excludes halogenated alkanes) is 23. The number of esters is 1. The number of nitrogens with one attached hydrogen (secondary N) is 1. The number of aliphatic hydroxyl groups is 2. The van der Waals surface area contributed by atoms with E-state index in [-0.39, 0.29) is 24.9 Å². The molecule has 0 bridgehead atoms. The fraction of sp³-hybridized carbons (Fsp3) is 0.867. The van der Waals surface area contributed by atoms with E-state index in [9.17, 15) is 19.8 Å². The van der Waals surface area contributed by atoms with Crippen molar-refractivity contribution in [3.05, 3.63) is 24.3 Å². The van der Waals surface area contributed by atoms with Gasteiger partial charge in [-0.1, -0.05) is 173 Å². The van der Waals surface area contributed by atoms with Crippen LogP contribution in [0.3, 0.4) is 0 Å². The molecule has 0 saturated heterocycles. The van der Waals surface area contributed by atoms with Crippen molar-refractivity contribution in [2.24, 2.45) is 0 Å². The van der Waals surface area contributed by atoms with Gasteiger partial charge in [0.15, 0.2) is 0 Å². The average Bonchev–Trinajstić information content (AvgIpc) is 3.12.